The van der Waals surface area contributed by atoms with Gasteiger partial charge in [0.15, 0.2) is 7.23 Å². The predicted octanol–water partition coefficient (Wildman–Crippen LogP) is 1.38. The second kappa shape index (κ2) is 7.51. The lowest BCUT2D eigenvalue weighted by Gasteiger charge is -2.33. The summed E-state index contributed by atoms with van der Waals surface area (Å²) in [5, 5.41) is 9.92. The SMILES string of the molecule is [2H]O[C@@H]1CN(Cc2ccn3ncnc(N([2H])c4cc(OC)c([2H])c([2H])c4[2H])c23)CC[C@H]1N([2H])[2H]. The first kappa shape index (κ1) is 11.2. The Hall–Kier alpha value is -2.68. The summed E-state index contributed by atoms with van der Waals surface area (Å²) in [7, 11) is 1.36. The van der Waals surface area contributed by atoms with Gasteiger partial charge in [-0.25, -0.2) is 9.50 Å². The smallest absolute Gasteiger partial charge is 0.211 e. The van der Waals surface area contributed by atoms with E-state index in [0.717, 1.165) is 10.9 Å². The fourth-order valence-corrected chi connectivity index (χ4v) is 3.20. The molecule has 4 rings (SSSR count). The number of methoxy groups -OCH3 is 1. The van der Waals surface area contributed by atoms with Gasteiger partial charge in [0.2, 0.25) is 1.43 Å². The van der Waals surface area contributed by atoms with Gasteiger partial charge in [0.1, 0.15) is 20.4 Å². The molecular formula is C19H24N6O2. The van der Waals surface area contributed by atoms with Crippen LogP contribution >= 0.6 is 0 Å². The third-order valence-electron chi connectivity index (χ3n) is 4.61. The molecule has 1 fully saturated rings. The number of nitrogens with one attached hydrogen (secondary N) is 1. The summed E-state index contributed by atoms with van der Waals surface area (Å²) < 4.78 is 62.1. The van der Waals surface area contributed by atoms with E-state index in [4.69, 9.17) is 19.6 Å². The summed E-state index contributed by atoms with van der Waals surface area (Å²) >= 11 is 0. The molecule has 2 aromatic heterocycles. The van der Waals surface area contributed by atoms with Crippen LogP contribution in [-0.4, -0.2) is 58.4 Å². The highest BCUT2D eigenvalue weighted by atomic mass is 16.5. The van der Waals surface area contributed by atoms with Crippen LogP contribution in [-0.2, 0) is 6.54 Å². The largest absolute Gasteiger partial charge is 0.497 e. The van der Waals surface area contributed by atoms with E-state index in [9.17, 15) is 0 Å². The third-order valence-corrected chi connectivity index (χ3v) is 4.61. The Labute approximate surface area is 167 Å². The van der Waals surface area contributed by atoms with E-state index in [0.29, 0.717) is 37.3 Å². The maximum absolute atomic E-state index is 8.71. The Bertz CT molecular complexity index is 1180. The van der Waals surface area contributed by atoms with Crippen molar-refractivity contribution >= 4 is 17.0 Å². The number of aliphatic hydroxyl groups is 1. The van der Waals surface area contributed by atoms with Gasteiger partial charge in [-0.1, -0.05) is 6.04 Å². The molecule has 8 nitrogen and oxygen atoms in total. The number of rotatable bonds is 7. The maximum atomic E-state index is 8.71. The summed E-state index contributed by atoms with van der Waals surface area (Å²) in [4.78, 5) is 6.31. The minimum atomic E-state index is -0.613. The quantitative estimate of drug-likeness (QED) is 0.573. The number of anilines is 2. The molecule has 0 bridgehead atoms. The van der Waals surface area contributed by atoms with E-state index in [1.165, 1.54) is 19.5 Å². The van der Waals surface area contributed by atoms with Gasteiger partial charge in [-0.15, -0.1) is 0 Å². The third kappa shape index (κ3) is 3.73. The van der Waals surface area contributed by atoms with Crippen LogP contribution in [0.25, 0.3) is 5.52 Å². The molecule has 0 saturated carbocycles. The average molecular weight is 375 g/mol. The molecule has 1 aliphatic heterocycles. The van der Waals surface area contributed by atoms with Crippen LogP contribution in [0.2, 0.25) is 4.24 Å². The number of hydrogen-bond acceptors (Lipinski definition) is 7. The number of piperidine rings is 1. The van der Waals surface area contributed by atoms with Gasteiger partial charge in [0, 0.05) is 43.6 Å². The number of nitrogens with two attached hydrogens (primary N) is 1. The Morgan fingerprint density at radius 3 is 3.41 bits per heavy atom. The number of aromatic nitrogens is 3. The van der Waals surface area contributed by atoms with Crippen LogP contribution in [0.15, 0.2) is 42.8 Å². The summed E-state index contributed by atoms with van der Waals surface area (Å²) in [6.45, 7) is 1.37. The zero-order valence-electron chi connectivity index (χ0n) is 21.8. The Kier molecular flexibility index (Phi) is 3.13. The van der Waals surface area contributed by atoms with Crippen LogP contribution in [0.5, 0.6) is 5.75 Å². The zero-order chi connectivity index (χ0) is 24.6. The highest BCUT2D eigenvalue weighted by Gasteiger charge is 2.25. The van der Waals surface area contributed by atoms with Crippen molar-refractivity contribution in [2.45, 2.75) is 25.1 Å². The molecule has 0 unspecified atom stereocenters. The molecule has 0 radical (unpaired) electrons. The van der Waals surface area contributed by atoms with E-state index in [1.807, 2.05) is 11.0 Å². The standard InChI is InChI=1S/C19H24N6O2/c1-27-15-4-2-3-14(9-15)23-19-18-13(5-8-25(18)22-12-21-19)10-24-7-6-16(20)17(26)11-24/h2-5,8-9,12,16-17,26H,6-7,10-11,20H2,1H3,(H,21,22,23)/t16-,17-/m1/s1/i2D,3D,4D,26D/hD3. The van der Waals surface area contributed by atoms with E-state index in [2.05, 4.69) is 10.1 Å². The summed E-state index contributed by atoms with van der Waals surface area (Å²) in [6.07, 6.45) is 2.90. The molecule has 3 aromatic rings. The first-order chi connectivity index (χ1) is 16.3. The van der Waals surface area contributed by atoms with Crippen molar-refractivity contribution in [1.29, 1.82) is 1.43 Å². The Morgan fingerprint density at radius 1 is 1.59 bits per heavy atom. The van der Waals surface area contributed by atoms with Crippen molar-refractivity contribution in [3.63, 3.8) is 0 Å². The number of aliphatic hydroxyl groups excluding tert-OH is 1. The fourth-order valence-electron chi connectivity index (χ4n) is 3.20. The first-order valence-corrected chi connectivity index (χ1v) is 8.63. The van der Waals surface area contributed by atoms with Crippen LogP contribution in [0.4, 0.5) is 11.5 Å². The van der Waals surface area contributed by atoms with Gasteiger partial charge in [-0.3, -0.25) is 4.90 Å². The van der Waals surface area contributed by atoms with Crippen molar-refractivity contribution in [1.82, 2.24) is 19.5 Å². The molecule has 142 valence electrons. The highest BCUT2D eigenvalue weighted by Crippen LogP contribution is 2.26. The van der Waals surface area contributed by atoms with E-state index in [-0.39, 0.29) is 35.4 Å². The number of benzene rings is 1. The van der Waals surface area contributed by atoms with E-state index < -0.39 is 12.1 Å². The Morgan fingerprint density at radius 2 is 2.56 bits per heavy atom. The monoisotopic (exact) mass is 375 g/mol. The zero-order valence-corrected chi connectivity index (χ0v) is 14.8. The van der Waals surface area contributed by atoms with Gasteiger partial charge < -0.3 is 20.9 Å². The lowest BCUT2D eigenvalue weighted by atomic mass is 10.0. The molecule has 0 amide bonds. The van der Waals surface area contributed by atoms with Crippen molar-refractivity contribution in [2.24, 2.45) is 5.72 Å². The van der Waals surface area contributed by atoms with Gasteiger partial charge >= 0.3 is 0 Å². The highest BCUT2D eigenvalue weighted by molar-refractivity contribution is 5.76. The molecule has 3 heterocycles. The number of likely N-dealkylation sites (tertiary alicyclic amines) is 1. The van der Waals surface area contributed by atoms with Crippen LogP contribution in [0, 0.1) is 0 Å². The number of nitrogens with zero attached hydrogens (tertiary/aromatic N) is 4. The molecule has 1 saturated heterocycles. The van der Waals surface area contributed by atoms with E-state index in [1.54, 1.807) is 10.7 Å². The topological polar surface area (TPSA) is 101 Å². The molecule has 27 heavy (non-hydrogen) atoms. The number of β-amino-alcohol motifs (C(OH)–C–C–N with tert-alkyl or cyclic N) is 1. The van der Waals surface area contributed by atoms with Crippen LogP contribution < -0.4 is 15.8 Å². The maximum Gasteiger partial charge on any atom is 0.211 e. The molecule has 1 aliphatic rings. The van der Waals surface area contributed by atoms with Gasteiger partial charge in [0.25, 0.3) is 0 Å². The minimum absolute atomic E-state index is 0.0417. The van der Waals surface area contributed by atoms with Crippen LogP contribution in [0.1, 0.15) is 16.1 Å². The van der Waals surface area contributed by atoms with Gasteiger partial charge in [-0.05, 0) is 30.1 Å². The van der Waals surface area contributed by atoms with Crippen molar-refractivity contribution in [2.75, 3.05) is 25.5 Å². The number of ether oxygens (including phenoxy) is 1. The first-order valence-electron chi connectivity index (χ1n) is 11.9. The lowest BCUT2D eigenvalue weighted by molar-refractivity contribution is 0.0501. The summed E-state index contributed by atoms with van der Waals surface area (Å²) in [5.74, 6) is 0.269. The van der Waals surface area contributed by atoms with Crippen molar-refractivity contribution in [3.8, 4) is 5.75 Å². The molecule has 0 spiro atoms. The second-order valence-electron chi connectivity index (χ2n) is 6.43. The van der Waals surface area contributed by atoms with E-state index >= 15 is 0 Å². The summed E-state index contributed by atoms with van der Waals surface area (Å²) in [5.41, 5.74) is 1.96. The predicted molar refractivity (Wildman–Crippen MR) is 103 cm³/mol. The normalized spacial score (nSPS) is 24.4. The number of hydrogen-bond donors (Lipinski definition) is 3. The van der Waals surface area contributed by atoms with Crippen molar-refractivity contribution in [3.05, 3.63) is 48.3 Å². The molecule has 2 atom stereocenters. The average Bonchev–Trinajstić information content (AvgIpc) is 3.25. The minimum Gasteiger partial charge on any atom is -0.497 e. The molecular weight excluding hydrogens is 344 g/mol. The van der Waals surface area contributed by atoms with Gasteiger partial charge in [-0.2, -0.15) is 5.10 Å². The molecule has 4 N–H and O–H groups in total. The second-order valence-corrected chi connectivity index (χ2v) is 6.43. The number of fused-ring (bicyclic) bond motifs is 1. The molecule has 1 aromatic carbocycles. The van der Waals surface area contributed by atoms with Gasteiger partial charge in [0.05, 0.1) is 17.3 Å². The Balaban J connectivity index is 1.68. The molecule has 0 aliphatic carbocycles. The fraction of sp³-hybridized carbons (Fsp3) is 0.368. The molecule has 8 heteroatoms. The van der Waals surface area contributed by atoms with Crippen molar-refractivity contribution < 1.29 is 18.2 Å². The summed E-state index contributed by atoms with van der Waals surface area (Å²) in [6, 6.07) is 1.84. The lowest BCUT2D eigenvalue weighted by Crippen LogP contribution is -2.50. The van der Waals surface area contributed by atoms with Crippen LogP contribution in [0.3, 0.4) is 0 Å².